The Labute approximate surface area is 162 Å². The van der Waals surface area contributed by atoms with Crippen LogP contribution in [0.15, 0.2) is 30.3 Å². The monoisotopic (exact) mass is 379 g/mol. The Morgan fingerprint density at radius 2 is 1.74 bits per heavy atom. The molecule has 1 aromatic rings. The molecule has 1 aliphatic rings. The Morgan fingerprint density at radius 1 is 1.15 bits per heavy atom. The summed E-state index contributed by atoms with van der Waals surface area (Å²) in [6, 6.07) is 9.88. The van der Waals surface area contributed by atoms with Gasteiger partial charge in [0.2, 0.25) is 6.29 Å². The van der Waals surface area contributed by atoms with Crippen molar-refractivity contribution in [1.82, 2.24) is 4.90 Å². The summed E-state index contributed by atoms with van der Waals surface area (Å²) >= 11 is 0. The summed E-state index contributed by atoms with van der Waals surface area (Å²) in [6.07, 6.45) is -2.95. The van der Waals surface area contributed by atoms with Crippen LogP contribution in [-0.4, -0.2) is 52.8 Å². The fraction of sp³-hybridized carbons (Fsp3) is 0.667. The van der Waals surface area contributed by atoms with E-state index < -0.39 is 18.5 Å². The minimum Gasteiger partial charge on any atom is -0.417 e. The molecule has 5 atom stereocenters. The summed E-state index contributed by atoms with van der Waals surface area (Å²) in [6.45, 7) is 12.0. The van der Waals surface area contributed by atoms with Gasteiger partial charge in [-0.15, -0.1) is 0 Å². The Balaban J connectivity index is 1.94. The molecule has 1 fully saturated rings. The molecule has 2 rings (SSSR count). The number of carbonyl (C=O) groups excluding carboxylic acids is 1. The average Bonchev–Trinajstić information content (AvgIpc) is 2.88. The highest BCUT2D eigenvalue weighted by atomic mass is 16.7. The second kappa shape index (κ2) is 9.53. The average molecular weight is 379 g/mol. The van der Waals surface area contributed by atoms with Gasteiger partial charge >= 0.3 is 6.09 Å². The van der Waals surface area contributed by atoms with E-state index in [1.807, 2.05) is 71.9 Å². The van der Waals surface area contributed by atoms with Crippen molar-refractivity contribution in [3.05, 3.63) is 35.9 Å². The Kier molecular flexibility index (Phi) is 7.65. The van der Waals surface area contributed by atoms with E-state index in [1.165, 1.54) is 0 Å². The van der Waals surface area contributed by atoms with Crippen molar-refractivity contribution in [2.75, 3.05) is 0 Å². The number of rotatable bonds is 7. The number of amides is 1. The van der Waals surface area contributed by atoms with Gasteiger partial charge in [0.1, 0.15) is 6.10 Å². The lowest BCUT2D eigenvalue weighted by Crippen LogP contribution is -2.45. The maximum absolute atomic E-state index is 12.5. The molecule has 152 valence electrons. The van der Waals surface area contributed by atoms with E-state index in [9.17, 15) is 9.90 Å². The summed E-state index contributed by atoms with van der Waals surface area (Å²) in [5.74, 6) is -0.208. The molecule has 6 heteroatoms. The molecular weight excluding hydrogens is 346 g/mol. The van der Waals surface area contributed by atoms with Gasteiger partial charge in [-0.25, -0.2) is 4.79 Å². The molecule has 1 aliphatic heterocycles. The molecule has 1 N–H and O–H groups in total. The quantitative estimate of drug-likeness (QED) is 0.784. The number of nitrogens with zero attached hydrogens (tertiary/aromatic N) is 1. The van der Waals surface area contributed by atoms with Crippen LogP contribution in [0, 0.1) is 5.92 Å². The number of benzene rings is 1. The van der Waals surface area contributed by atoms with Crippen molar-refractivity contribution < 1.29 is 24.1 Å². The van der Waals surface area contributed by atoms with Crippen LogP contribution in [0.25, 0.3) is 0 Å². The zero-order valence-electron chi connectivity index (χ0n) is 17.2. The van der Waals surface area contributed by atoms with Gasteiger partial charge in [0.15, 0.2) is 0 Å². The van der Waals surface area contributed by atoms with E-state index in [2.05, 4.69) is 0 Å². The molecule has 0 bridgehead atoms. The summed E-state index contributed by atoms with van der Waals surface area (Å²) in [7, 11) is 0. The van der Waals surface area contributed by atoms with Crippen LogP contribution >= 0.6 is 0 Å². The topological polar surface area (TPSA) is 68.2 Å². The summed E-state index contributed by atoms with van der Waals surface area (Å²) in [5, 5.41) is 10.5. The smallest absolute Gasteiger partial charge is 0.412 e. The molecule has 1 amide bonds. The standard InChI is InChI=1S/C21H33NO5/c1-13(2)22(14(3)4)21(24)27-20-18(23)15(5)19(26-20)16(6)25-12-17-10-8-7-9-11-17/h7-11,13-16,18-20,23H,12H2,1-6H3/t15-,16-,18+,19-,20-/m0/s1. The molecular formula is C21H33NO5. The molecule has 0 aliphatic carbocycles. The summed E-state index contributed by atoms with van der Waals surface area (Å²) < 4.78 is 17.3. The van der Waals surface area contributed by atoms with E-state index in [0.29, 0.717) is 6.61 Å². The van der Waals surface area contributed by atoms with Crippen molar-refractivity contribution in [2.45, 2.75) is 84.8 Å². The third-order valence-electron chi connectivity index (χ3n) is 4.99. The fourth-order valence-corrected chi connectivity index (χ4v) is 3.51. The van der Waals surface area contributed by atoms with Gasteiger partial charge < -0.3 is 24.2 Å². The number of ether oxygens (including phenoxy) is 3. The van der Waals surface area contributed by atoms with Gasteiger partial charge in [-0.05, 0) is 40.2 Å². The second-order valence-electron chi connectivity index (χ2n) is 7.80. The lowest BCUT2D eigenvalue weighted by molar-refractivity contribution is -0.159. The van der Waals surface area contributed by atoms with Gasteiger partial charge in [0.25, 0.3) is 0 Å². The van der Waals surface area contributed by atoms with Gasteiger partial charge in [-0.3, -0.25) is 0 Å². The van der Waals surface area contributed by atoms with E-state index in [-0.39, 0.29) is 30.2 Å². The van der Waals surface area contributed by atoms with Gasteiger partial charge in [-0.2, -0.15) is 0 Å². The van der Waals surface area contributed by atoms with Crippen molar-refractivity contribution in [2.24, 2.45) is 5.92 Å². The zero-order chi connectivity index (χ0) is 20.1. The molecule has 1 aromatic carbocycles. The number of carbonyl (C=O) groups is 1. The van der Waals surface area contributed by atoms with Gasteiger partial charge in [0.05, 0.1) is 18.8 Å². The normalized spacial score (nSPS) is 26.4. The number of aliphatic hydroxyl groups excluding tert-OH is 1. The van der Waals surface area contributed by atoms with Crippen LogP contribution < -0.4 is 0 Å². The first kappa shape index (κ1) is 21.7. The van der Waals surface area contributed by atoms with Crippen LogP contribution in [0.1, 0.15) is 47.1 Å². The summed E-state index contributed by atoms with van der Waals surface area (Å²) in [5.41, 5.74) is 1.07. The van der Waals surface area contributed by atoms with E-state index in [4.69, 9.17) is 14.2 Å². The molecule has 0 aromatic heterocycles. The molecule has 27 heavy (non-hydrogen) atoms. The largest absolute Gasteiger partial charge is 0.417 e. The predicted molar refractivity (Wildman–Crippen MR) is 103 cm³/mol. The third kappa shape index (κ3) is 5.43. The number of hydrogen-bond acceptors (Lipinski definition) is 5. The molecule has 0 saturated carbocycles. The molecule has 1 heterocycles. The van der Waals surface area contributed by atoms with Gasteiger partial charge in [-0.1, -0.05) is 37.3 Å². The highest BCUT2D eigenvalue weighted by molar-refractivity contribution is 5.68. The third-order valence-corrected chi connectivity index (χ3v) is 4.99. The summed E-state index contributed by atoms with van der Waals surface area (Å²) in [4.78, 5) is 14.1. The maximum Gasteiger partial charge on any atom is 0.412 e. The maximum atomic E-state index is 12.5. The molecule has 0 unspecified atom stereocenters. The lowest BCUT2D eigenvalue weighted by atomic mass is 9.97. The highest BCUT2D eigenvalue weighted by Gasteiger charge is 2.46. The molecule has 6 nitrogen and oxygen atoms in total. The molecule has 0 spiro atoms. The Hall–Kier alpha value is -1.63. The lowest BCUT2D eigenvalue weighted by Gasteiger charge is -2.31. The van der Waals surface area contributed by atoms with Crippen LogP contribution in [0.3, 0.4) is 0 Å². The van der Waals surface area contributed by atoms with Crippen LogP contribution in [0.2, 0.25) is 0 Å². The van der Waals surface area contributed by atoms with Crippen molar-refractivity contribution in [3.63, 3.8) is 0 Å². The minimum absolute atomic E-state index is 0.00241. The second-order valence-corrected chi connectivity index (χ2v) is 7.80. The number of aliphatic hydroxyl groups is 1. The molecule has 1 saturated heterocycles. The Bertz CT molecular complexity index is 583. The van der Waals surface area contributed by atoms with Crippen LogP contribution in [0.5, 0.6) is 0 Å². The van der Waals surface area contributed by atoms with Gasteiger partial charge in [0, 0.05) is 18.0 Å². The first-order chi connectivity index (χ1) is 12.7. The Morgan fingerprint density at radius 3 is 2.30 bits per heavy atom. The predicted octanol–water partition coefficient (Wildman–Crippen LogP) is 3.57. The van der Waals surface area contributed by atoms with E-state index in [0.717, 1.165) is 5.56 Å². The van der Waals surface area contributed by atoms with Crippen molar-refractivity contribution in [1.29, 1.82) is 0 Å². The first-order valence-corrected chi connectivity index (χ1v) is 9.70. The number of hydrogen-bond donors (Lipinski definition) is 1. The first-order valence-electron chi connectivity index (χ1n) is 9.70. The van der Waals surface area contributed by atoms with Crippen molar-refractivity contribution >= 4 is 6.09 Å². The van der Waals surface area contributed by atoms with Crippen LogP contribution in [0.4, 0.5) is 4.79 Å². The SMILES string of the molecule is CC(C)N(C(=O)O[C@@H]1O[C@H]([C@H](C)OCc2ccccc2)[C@@H](C)[C@H]1O)C(C)C. The van der Waals surface area contributed by atoms with Crippen LogP contribution in [-0.2, 0) is 20.8 Å². The van der Waals surface area contributed by atoms with E-state index >= 15 is 0 Å². The highest BCUT2D eigenvalue weighted by Crippen LogP contribution is 2.31. The minimum atomic E-state index is -0.986. The molecule has 0 radical (unpaired) electrons. The van der Waals surface area contributed by atoms with E-state index in [1.54, 1.807) is 4.90 Å². The zero-order valence-corrected chi connectivity index (χ0v) is 17.2. The fourth-order valence-electron chi connectivity index (χ4n) is 3.51. The van der Waals surface area contributed by atoms with Crippen molar-refractivity contribution in [3.8, 4) is 0 Å².